The van der Waals surface area contributed by atoms with Crippen molar-refractivity contribution >= 4 is 0 Å². The standard InChI is InChI=1S/C14H23FN2O/c1-11(6-7-16)9-17(2)10-12-8-13(15)4-5-14(12)18-3/h4-5,8,11H,6-7,9-10,16H2,1-3H3. The normalized spacial score (nSPS) is 12.8. The van der Waals surface area contributed by atoms with Gasteiger partial charge in [-0.3, -0.25) is 0 Å². The van der Waals surface area contributed by atoms with Gasteiger partial charge in [0, 0.05) is 18.7 Å². The molecule has 0 saturated heterocycles. The van der Waals surface area contributed by atoms with E-state index >= 15 is 0 Å². The Labute approximate surface area is 109 Å². The summed E-state index contributed by atoms with van der Waals surface area (Å²) in [6, 6.07) is 4.62. The molecule has 1 aromatic carbocycles. The molecule has 0 aliphatic heterocycles. The van der Waals surface area contributed by atoms with Crippen molar-refractivity contribution in [2.75, 3.05) is 27.2 Å². The maximum Gasteiger partial charge on any atom is 0.123 e. The number of hydrogen-bond donors (Lipinski definition) is 1. The minimum Gasteiger partial charge on any atom is -0.496 e. The van der Waals surface area contributed by atoms with E-state index < -0.39 is 0 Å². The maximum atomic E-state index is 13.2. The molecule has 1 atom stereocenters. The van der Waals surface area contributed by atoms with Crippen LogP contribution in [-0.4, -0.2) is 32.1 Å². The Kier molecular flexibility index (Phi) is 6.09. The lowest BCUT2D eigenvalue weighted by atomic mass is 10.1. The largest absolute Gasteiger partial charge is 0.496 e. The van der Waals surface area contributed by atoms with Crippen molar-refractivity contribution in [3.05, 3.63) is 29.6 Å². The van der Waals surface area contributed by atoms with E-state index in [0.717, 1.165) is 24.3 Å². The Balaban J connectivity index is 2.63. The van der Waals surface area contributed by atoms with Crippen LogP contribution in [-0.2, 0) is 6.54 Å². The Bertz CT molecular complexity index is 371. The third-order valence-corrected chi connectivity index (χ3v) is 2.97. The summed E-state index contributed by atoms with van der Waals surface area (Å²) < 4.78 is 18.5. The smallest absolute Gasteiger partial charge is 0.123 e. The molecule has 0 aliphatic carbocycles. The molecule has 0 saturated carbocycles. The van der Waals surface area contributed by atoms with Gasteiger partial charge in [-0.2, -0.15) is 0 Å². The topological polar surface area (TPSA) is 38.5 Å². The fourth-order valence-corrected chi connectivity index (χ4v) is 2.13. The average molecular weight is 254 g/mol. The van der Waals surface area contributed by atoms with Crippen molar-refractivity contribution in [3.63, 3.8) is 0 Å². The molecular weight excluding hydrogens is 231 g/mol. The highest BCUT2D eigenvalue weighted by Crippen LogP contribution is 2.21. The highest BCUT2D eigenvalue weighted by Gasteiger charge is 2.10. The molecule has 0 bridgehead atoms. The van der Waals surface area contributed by atoms with Gasteiger partial charge in [0.15, 0.2) is 0 Å². The van der Waals surface area contributed by atoms with Crippen LogP contribution < -0.4 is 10.5 Å². The Morgan fingerprint density at radius 2 is 2.17 bits per heavy atom. The molecule has 102 valence electrons. The summed E-state index contributed by atoms with van der Waals surface area (Å²) in [5.74, 6) is 1.04. The van der Waals surface area contributed by atoms with Crippen molar-refractivity contribution in [2.24, 2.45) is 11.7 Å². The average Bonchev–Trinajstić information content (AvgIpc) is 2.29. The number of ether oxygens (including phenoxy) is 1. The van der Waals surface area contributed by atoms with E-state index in [1.165, 1.54) is 12.1 Å². The van der Waals surface area contributed by atoms with Gasteiger partial charge in [0.1, 0.15) is 11.6 Å². The molecule has 0 aliphatic rings. The lowest BCUT2D eigenvalue weighted by molar-refractivity contribution is 0.268. The third kappa shape index (κ3) is 4.63. The quantitative estimate of drug-likeness (QED) is 0.811. The Hall–Kier alpha value is -1.13. The maximum absolute atomic E-state index is 13.2. The first kappa shape index (κ1) is 14.9. The molecule has 0 aromatic heterocycles. The van der Waals surface area contributed by atoms with Gasteiger partial charge in [0.05, 0.1) is 7.11 Å². The fraction of sp³-hybridized carbons (Fsp3) is 0.571. The van der Waals surface area contributed by atoms with Gasteiger partial charge in [-0.1, -0.05) is 6.92 Å². The van der Waals surface area contributed by atoms with Crippen LogP contribution in [0, 0.1) is 11.7 Å². The van der Waals surface area contributed by atoms with Crippen LogP contribution in [0.5, 0.6) is 5.75 Å². The number of benzene rings is 1. The van der Waals surface area contributed by atoms with Crippen LogP contribution >= 0.6 is 0 Å². The second-order valence-electron chi connectivity index (χ2n) is 4.84. The van der Waals surface area contributed by atoms with E-state index in [0.29, 0.717) is 19.0 Å². The number of nitrogens with two attached hydrogens (primary N) is 1. The zero-order valence-corrected chi connectivity index (χ0v) is 11.4. The molecule has 4 heteroatoms. The summed E-state index contributed by atoms with van der Waals surface area (Å²) in [5, 5.41) is 0. The fourth-order valence-electron chi connectivity index (χ4n) is 2.13. The minimum atomic E-state index is -0.228. The van der Waals surface area contributed by atoms with Crippen LogP contribution in [0.3, 0.4) is 0 Å². The number of methoxy groups -OCH3 is 1. The molecule has 1 unspecified atom stereocenters. The Morgan fingerprint density at radius 1 is 1.44 bits per heavy atom. The lowest BCUT2D eigenvalue weighted by Gasteiger charge is -2.22. The molecule has 0 amide bonds. The molecule has 0 radical (unpaired) electrons. The summed E-state index contributed by atoms with van der Waals surface area (Å²) in [4.78, 5) is 2.16. The lowest BCUT2D eigenvalue weighted by Crippen LogP contribution is -2.25. The van der Waals surface area contributed by atoms with Crippen LogP contribution in [0.1, 0.15) is 18.9 Å². The molecule has 18 heavy (non-hydrogen) atoms. The van der Waals surface area contributed by atoms with Gasteiger partial charge in [-0.15, -0.1) is 0 Å². The predicted molar refractivity (Wildman–Crippen MR) is 72.1 cm³/mol. The first-order chi connectivity index (χ1) is 8.56. The summed E-state index contributed by atoms with van der Waals surface area (Å²) >= 11 is 0. The van der Waals surface area contributed by atoms with Gasteiger partial charge in [-0.05, 0) is 44.1 Å². The van der Waals surface area contributed by atoms with E-state index in [1.807, 2.05) is 7.05 Å². The van der Waals surface area contributed by atoms with Gasteiger partial charge in [-0.25, -0.2) is 4.39 Å². The van der Waals surface area contributed by atoms with Crippen LogP contribution in [0.15, 0.2) is 18.2 Å². The summed E-state index contributed by atoms with van der Waals surface area (Å²) in [6.45, 7) is 4.50. The number of hydrogen-bond acceptors (Lipinski definition) is 3. The molecule has 0 fully saturated rings. The first-order valence-corrected chi connectivity index (χ1v) is 6.27. The predicted octanol–water partition coefficient (Wildman–Crippen LogP) is 2.25. The molecule has 2 N–H and O–H groups in total. The van der Waals surface area contributed by atoms with Gasteiger partial charge >= 0.3 is 0 Å². The van der Waals surface area contributed by atoms with Crippen molar-refractivity contribution < 1.29 is 9.13 Å². The zero-order valence-electron chi connectivity index (χ0n) is 11.4. The van der Waals surface area contributed by atoms with E-state index in [2.05, 4.69) is 11.8 Å². The third-order valence-electron chi connectivity index (χ3n) is 2.97. The molecule has 0 heterocycles. The molecule has 3 nitrogen and oxygen atoms in total. The minimum absolute atomic E-state index is 0.228. The highest BCUT2D eigenvalue weighted by molar-refractivity contribution is 5.33. The van der Waals surface area contributed by atoms with Crippen LogP contribution in [0.2, 0.25) is 0 Å². The SMILES string of the molecule is COc1ccc(F)cc1CN(C)CC(C)CCN. The Morgan fingerprint density at radius 3 is 2.78 bits per heavy atom. The van der Waals surface area contributed by atoms with Crippen molar-refractivity contribution in [1.82, 2.24) is 4.90 Å². The van der Waals surface area contributed by atoms with E-state index in [4.69, 9.17) is 10.5 Å². The zero-order chi connectivity index (χ0) is 13.5. The number of halogens is 1. The van der Waals surface area contributed by atoms with E-state index in [1.54, 1.807) is 13.2 Å². The summed E-state index contributed by atoms with van der Waals surface area (Å²) in [5.41, 5.74) is 6.41. The second kappa shape index (κ2) is 7.34. The van der Waals surface area contributed by atoms with Crippen molar-refractivity contribution in [3.8, 4) is 5.75 Å². The molecular formula is C14H23FN2O. The molecule has 1 rings (SSSR count). The molecule has 1 aromatic rings. The summed E-state index contributed by atoms with van der Waals surface area (Å²) in [6.07, 6.45) is 1.00. The number of nitrogens with zero attached hydrogens (tertiary/aromatic N) is 1. The molecule has 0 spiro atoms. The van der Waals surface area contributed by atoms with Crippen LogP contribution in [0.4, 0.5) is 4.39 Å². The highest BCUT2D eigenvalue weighted by atomic mass is 19.1. The van der Waals surface area contributed by atoms with E-state index in [-0.39, 0.29) is 5.82 Å². The van der Waals surface area contributed by atoms with E-state index in [9.17, 15) is 4.39 Å². The van der Waals surface area contributed by atoms with Gasteiger partial charge in [0.2, 0.25) is 0 Å². The van der Waals surface area contributed by atoms with Gasteiger partial charge in [0.25, 0.3) is 0 Å². The van der Waals surface area contributed by atoms with Crippen molar-refractivity contribution in [2.45, 2.75) is 19.9 Å². The summed E-state index contributed by atoms with van der Waals surface area (Å²) in [7, 11) is 3.63. The second-order valence-corrected chi connectivity index (χ2v) is 4.84. The first-order valence-electron chi connectivity index (χ1n) is 6.27. The van der Waals surface area contributed by atoms with Crippen LogP contribution in [0.25, 0.3) is 0 Å². The monoisotopic (exact) mass is 254 g/mol. The van der Waals surface area contributed by atoms with Crippen molar-refractivity contribution in [1.29, 1.82) is 0 Å². The van der Waals surface area contributed by atoms with Gasteiger partial charge < -0.3 is 15.4 Å². The number of rotatable bonds is 7.